The van der Waals surface area contributed by atoms with E-state index in [0.29, 0.717) is 11.8 Å². The predicted octanol–water partition coefficient (Wildman–Crippen LogP) is 1.10. The van der Waals surface area contributed by atoms with E-state index in [4.69, 9.17) is 5.14 Å². The van der Waals surface area contributed by atoms with Gasteiger partial charge < -0.3 is 0 Å². The highest BCUT2D eigenvalue weighted by Gasteiger charge is 2.30. The van der Waals surface area contributed by atoms with Crippen LogP contribution in [0.2, 0.25) is 0 Å². The van der Waals surface area contributed by atoms with Gasteiger partial charge in [-0.3, -0.25) is 0 Å². The molecule has 12 heavy (non-hydrogen) atoms. The van der Waals surface area contributed by atoms with Gasteiger partial charge in [0.05, 0.1) is 5.25 Å². The zero-order valence-corrected chi connectivity index (χ0v) is 8.47. The number of sulfonamides is 1. The Morgan fingerprint density at radius 3 is 1.83 bits per heavy atom. The summed E-state index contributed by atoms with van der Waals surface area (Å²) in [6.45, 7) is 4.18. The standard InChI is InChI=1S/C8H17NO2S/c1-6-3-7(2)5-8(4-6)12(9,10)11/h6-8H,3-5H2,1-2H3,(H2,9,10,11). The van der Waals surface area contributed by atoms with Gasteiger partial charge in [0.15, 0.2) is 0 Å². The van der Waals surface area contributed by atoms with Gasteiger partial charge in [-0.05, 0) is 31.1 Å². The van der Waals surface area contributed by atoms with Crippen molar-refractivity contribution in [2.24, 2.45) is 17.0 Å². The summed E-state index contributed by atoms with van der Waals surface area (Å²) in [5, 5.41) is 4.81. The smallest absolute Gasteiger partial charge is 0.211 e. The Morgan fingerprint density at radius 2 is 1.50 bits per heavy atom. The first kappa shape index (κ1) is 9.99. The van der Waals surface area contributed by atoms with Crippen LogP contribution in [0, 0.1) is 11.8 Å². The number of hydrogen-bond donors (Lipinski definition) is 1. The quantitative estimate of drug-likeness (QED) is 0.674. The molecule has 0 aromatic heterocycles. The highest BCUT2D eigenvalue weighted by molar-refractivity contribution is 7.89. The molecule has 4 heteroatoms. The van der Waals surface area contributed by atoms with Gasteiger partial charge in [-0.15, -0.1) is 0 Å². The molecule has 0 bridgehead atoms. The summed E-state index contributed by atoms with van der Waals surface area (Å²) in [4.78, 5) is 0. The molecule has 2 atom stereocenters. The molecule has 3 nitrogen and oxygen atoms in total. The molecule has 1 fully saturated rings. The van der Waals surface area contributed by atoms with E-state index in [0.717, 1.165) is 19.3 Å². The SMILES string of the molecule is CC1CC(C)CC(S(N)(=O)=O)C1. The molecule has 0 radical (unpaired) electrons. The molecule has 0 aliphatic heterocycles. The molecule has 2 unspecified atom stereocenters. The average Bonchev–Trinajstić information content (AvgIpc) is 1.82. The highest BCUT2D eigenvalue weighted by Crippen LogP contribution is 2.31. The Morgan fingerprint density at radius 1 is 1.08 bits per heavy atom. The van der Waals surface area contributed by atoms with Gasteiger partial charge in [0.1, 0.15) is 0 Å². The first-order chi connectivity index (χ1) is 5.39. The van der Waals surface area contributed by atoms with Crippen LogP contribution in [0.3, 0.4) is 0 Å². The summed E-state index contributed by atoms with van der Waals surface area (Å²) in [6, 6.07) is 0. The molecular weight excluding hydrogens is 174 g/mol. The summed E-state index contributed by atoms with van der Waals surface area (Å²) in [5.74, 6) is 0.995. The maximum atomic E-state index is 11.1. The lowest BCUT2D eigenvalue weighted by Crippen LogP contribution is -2.35. The van der Waals surface area contributed by atoms with E-state index in [1.807, 2.05) is 0 Å². The maximum absolute atomic E-state index is 11.1. The predicted molar refractivity (Wildman–Crippen MR) is 49.1 cm³/mol. The second-order valence-corrected chi connectivity index (χ2v) is 5.97. The second kappa shape index (κ2) is 3.34. The van der Waals surface area contributed by atoms with Crippen LogP contribution in [0.1, 0.15) is 33.1 Å². The first-order valence-electron chi connectivity index (χ1n) is 4.41. The Labute approximate surface area is 74.4 Å². The molecule has 2 N–H and O–H groups in total. The lowest BCUT2D eigenvalue weighted by atomic mass is 9.83. The molecule has 0 aromatic rings. The Bertz CT molecular complexity index is 238. The Hall–Kier alpha value is -0.0900. The van der Waals surface area contributed by atoms with Gasteiger partial charge >= 0.3 is 0 Å². The van der Waals surface area contributed by atoms with E-state index in [1.165, 1.54) is 0 Å². The molecule has 0 aromatic carbocycles. The van der Waals surface area contributed by atoms with Crippen molar-refractivity contribution in [3.8, 4) is 0 Å². The fourth-order valence-electron chi connectivity index (χ4n) is 2.14. The van der Waals surface area contributed by atoms with Crippen molar-refractivity contribution in [1.29, 1.82) is 0 Å². The lowest BCUT2D eigenvalue weighted by molar-refractivity contribution is 0.301. The Kier molecular flexibility index (Phi) is 2.78. The van der Waals surface area contributed by atoms with Crippen LogP contribution in [0.4, 0.5) is 0 Å². The largest absolute Gasteiger partial charge is 0.228 e. The van der Waals surface area contributed by atoms with Crippen LogP contribution in [-0.4, -0.2) is 13.7 Å². The number of primary sulfonamides is 1. The minimum absolute atomic E-state index is 0.295. The van der Waals surface area contributed by atoms with Crippen molar-refractivity contribution in [1.82, 2.24) is 0 Å². The molecule has 1 saturated carbocycles. The van der Waals surface area contributed by atoms with Crippen molar-refractivity contribution in [2.75, 3.05) is 0 Å². The number of hydrogen-bond acceptors (Lipinski definition) is 2. The monoisotopic (exact) mass is 191 g/mol. The van der Waals surface area contributed by atoms with Crippen LogP contribution in [0.5, 0.6) is 0 Å². The third kappa shape index (κ3) is 2.45. The van der Waals surface area contributed by atoms with Crippen LogP contribution < -0.4 is 5.14 Å². The zero-order chi connectivity index (χ0) is 9.35. The molecule has 0 heterocycles. The van der Waals surface area contributed by atoms with Crippen LogP contribution >= 0.6 is 0 Å². The van der Waals surface area contributed by atoms with E-state index in [9.17, 15) is 8.42 Å². The summed E-state index contributed by atoms with van der Waals surface area (Å²) < 4.78 is 22.1. The van der Waals surface area contributed by atoms with Gasteiger partial charge in [-0.2, -0.15) is 0 Å². The van der Waals surface area contributed by atoms with Crippen molar-refractivity contribution < 1.29 is 8.42 Å². The summed E-state index contributed by atoms with van der Waals surface area (Å²) in [6.07, 6.45) is 2.61. The third-order valence-electron chi connectivity index (χ3n) is 2.60. The van der Waals surface area contributed by atoms with Crippen LogP contribution in [0.15, 0.2) is 0 Å². The van der Waals surface area contributed by atoms with Crippen molar-refractivity contribution in [2.45, 2.75) is 38.4 Å². The van der Waals surface area contributed by atoms with Gasteiger partial charge in [-0.1, -0.05) is 13.8 Å². The number of nitrogens with two attached hydrogens (primary N) is 1. The first-order valence-corrected chi connectivity index (χ1v) is 6.02. The van der Waals surface area contributed by atoms with Crippen molar-refractivity contribution in [3.63, 3.8) is 0 Å². The molecule has 1 aliphatic rings. The third-order valence-corrected chi connectivity index (χ3v) is 3.91. The Balaban J connectivity index is 2.68. The highest BCUT2D eigenvalue weighted by atomic mass is 32.2. The van der Waals surface area contributed by atoms with Crippen LogP contribution in [0.25, 0.3) is 0 Å². The van der Waals surface area contributed by atoms with Gasteiger partial charge in [-0.25, -0.2) is 13.6 Å². The van der Waals surface area contributed by atoms with E-state index in [2.05, 4.69) is 13.8 Å². The van der Waals surface area contributed by atoms with Gasteiger partial charge in [0.2, 0.25) is 10.0 Å². The average molecular weight is 191 g/mol. The minimum atomic E-state index is -3.29. The van der Waals surface area contributed by atoms with E-state index in [1.54, 1.807) is 0 Å². The van der Waals surface area contributed by atoms with Gasteiger partial charge in [0.25, 0.3) is 0 Å². The number of rotatable bonds is 1. The molecular formula is C8H17NO2S. The zero-order valence-electron chi connectivity index (χ0n) is 7.66. The van der Waals surface area contributed by atoms with E-state index < -0.39 is 10.0 Å². The maximum Gasteiger partial charge on any atom is 0.211 e. The molecule has 1 aliphatic carbocycles. The summed E-state index contributed by atoms with van der Waals surface area (Å²) in [5.41, 5.74) is 0. The van der Waals surface area contributed by atoms with E-state index in [-0.39, 0.29) is 5.25 Å². The van der Waals surface area contributed by atoms with Crippen molar-refractivity contribution in [3.05, 3.63) is 0 Å². The molecule has 1 rings (SSSR count). The molecule has 0 saturated heterocycles. The molecule has 0 spiro atoms. The normalized spacial score (nSPS) is 38.1. The van der Waals surface area contributed by atoms with Crippen molar-refractivity contribution >= 4 is 10.0 Å². The fourth-order valence-corrected chi connectivity index (χ4v) is 3.33. The van der Waals surface area contributed by atoms with Gasteiger partial charge in [0, 0.05) is 0 Å². The topological polar surface area (TPSA) is 60.2 Å². The summed E-state index contributed by atoms with van der Waals surface area (Å²) >= 11 is 0. The van der Waals surface area contributed by atoms with E-state index >= 15 is 0 Å². The fraction of sp³-hybridized carbons (Fsp3) is 1.00. The molecule has 0 amide bonds. The second-order valence-electron chi connectivity index (χ2n) is 4.13. The molecule has 72 valence electrons. The summed E-state index contributed by atoms with van der Waals surface area (Å²) in [7, 11) is -3.29. The van der Waals surface area contributed by atoms with Crippen LogP contribution in [-0.2, 0) is 10.0 Å². The minimum Gasteiger partial charge on any atom is -0.228 e. The lowest BCUT2D eigenvalue weighted by Gasteiger charge is -2.29.